The molecule has 1 N–H and O–H groups in total. The number of fused-ring (bicyclic) bond motifs is 1. The average molecular weight is 428 g/mol. The molecule has 7 nitrogen and oxygen atoms in total. The molecule has 1 atom stereocenters. The molecule has 0 bridgehead atoms. The fraction of sp³-hybridized carbons (Fsp3) is 0.200. The molecule has 0 aliphatic heterocycles. The van der Waals surface area contributed by atoms with Gasteiger partial charge in [0.05, 0.1) is 18.5 Å². The predicted octanol–water partition coefficient (Wildman–Crippen LogP) is 4.82. The molecule has 4 rings (SSSR count). The maximum absolute atomic E-state index is 11.5. The number of carbonyl (C=O) groups is 1. The Morgan fingerprint density at radius 1 is 1.09 bits per heavy atom. The van der Waals surface area contributed by atoms with Crippen molar-refractivity contribution in [2.24, 2.45) is 0 Å². The number of aromatic nitrogens is 4. The Morgan fingerprint density at radius 2 is 1.81 bits per heavy atom. The quantitative estimate of drug-likeness (QED) is 0.351. The Kier molecular flexibility index (Phi) is 5.98. The minimum atomic E-state index is -0.444. The first-order valence-electron chi connectivity index (χ1n) is 10.4. The van der Waals surface area contributed by atoms with E-state index in [1.54, 1.807) is 12.4 Å². The highest BCUT2D eigenvalue weighted by Gasteiger charge is 2.22. The molecular formula is C25H25N5O2. The molecule has 4 aromatic rings. The SMILES string of the molecule is COC(=O)/C=C/Nc1nc(-c2ccncc2)nc2c1c(C)c(C)n2[C@H](C)c1ccccc1. The van der Waals surface area contributed by atoms with E-state index in [1.165, 1.54) is 24.9 Å². The van der Waals surface area contributed by atoms with Crippen LogP contribution >= 0.6 is 0 Å². The van der Waals surface area contributed by atoms with Gasteiger partial charge in [-0.1, -0.05) is 30.3 Å². The fourth-order valence-corrected chi connectivity index (χ4v) is 3.83. The lowest BCUT2D eigenvalue weighted by Gasteiger charge is -2.18. The number of methoxy groups -OCH3 is 1. The molecule has 0 aliphatic carbocycles. The van der Waals surface area contributed by atoms with Crippen LogP contribution in [0.15, 0.2) is 67.1 Å². The van der Waals surface area contributed by atoms with Crippen molar-refractivity contribution in [1.82, 2.24) is 19.5 Å². The third kappa shape index (κ3) is 3.97. The second-order valence-electron chi connectivity index (χ2n) is 7.50. The van der Waals surface area contributed by atoms with E-state index in [1.807, 2.05) is 30.3 Å². The van der Waals surface area contributed by atoms with Crippen LogP contribution in [0.5, 0.6) is 0 Å². The molecule has 0 saturated heterocycles. The van der Waals surface area contributed by atoms with Crippen LogP contribution < -0.4 is 5.32 Å². The predicted molar refractivity (Wildman–Crippen MR) is 125 cm³/mol. The highest BCUT2D eigenvalue weighted by molar-refractivity contribution is 5.94. The van der Waals surface area contributed by atoms with Gasteiger partial charge in [0.2, 0.25) is 0 Å². The van der Waals surface area contributed by atoms with Crippen LogP contribution in [0.4, 0.5) is 5.82 Å². The van der Waals surface area contributed by atoms with Crippen LogP contribution in [0.3, 0.4) is 0 Å². The molecule has 3 aromatic heterocycles. The van der Waals surface area contributed by atoms with Crippen molar-refractivity contribution in [2.75, 3.05) is 12.4 Å². The monoisotopic (exact) mass is 427 g/mol. The van der Waals surface area contributed by atoms with Crippen LogP contribution in [0, 0.1) is 13.8 Å². The molecular weight excluding hydrogens is 402 g/mol. The van der Waals surface area contributed by atoms with Crippen molar-refractivity contribution >= 4 is 22.8 Å². The van der Waals surface area contributed by atoms with E-state index in [2.05, 4.69) is 52.5 Å². The van der Waals surface area contributed by atoms with Crippen LogP contribution in [-0.2, 0) is 9.53 Å². The summed E-state index contributed by atoms with van der Waals surface area (Å²) >= 11 is 0. The molecule has 0 unspecified atom stereocenters. The number of pyridine rings is 1. The van der Waals surface area contributed by atoms with Gasteiger partial charge in [0.1, 0.15) is 11.5 Å². The van der Waals surface area contributed by atoms with Gasteiger partial charge in [-0.15, -0.1) is 0 Å². The number of nitrogens with one attached hydrogen (secondary N) is 1. The highest BCUT2D eigenvalue weighted by atomic mass is 16.5. The standard InChI is InChI=1S/C25H25N5O2/c1-16-17(2)30(18(3)19-8-6-5-7-9-19)25-22(16)24(27-15-12-21(31)32-4)28-23(29-25)20-10-13-26-14-11-20/h5-15,18H,1-4H3,(H,27,28,29)/b15-12+/t18-/m1/s1. The summed E-state index contributed by atoms with van der Waals surface area (Å²) in [6.45, 7) is 6.33. The zero-order valence-electron chi connectivity index (χ0n) is 18.5. The molecule has 0 amide bonds. The van der Waals surface area contributed by atoms with Crippen LogP contribution in [0.25, 0.3) is 22.4 Å². The van der Waals surface area contributed by atoms with Crippen molar-refractivity contribution < 1.29 is 9.53 Å². The van der Waals surface area contributed by atoms with E-state index >= 15 is 0 Å². The van der Waals surface area contributed by atoms with Gasteiger partial charge in [-0.25, -0.2) is 14.8 Å². The second kappa shape index (κ2) is 9.01. The average Bonchev–Trinajstić information content (AvgIpc) is 3.09. The second-order valence-corrected chi connectivity index (χ2v) is 7.50. The van der Waals surface area contributed by atoms with E-state index in [0.717, 1.165) is 27.9 Å². The lowest BCUT2D eigenvalue weighted by Crippen LogP contribution is -2.10. The van der Waals surface area contributed by atoms with Crippen molar-refractivity contribution in [3.8, 4) is 11.4 Å². The maximum atomic E-state index is 11.5. The Balaban J connectivity index is 1.94. The number of anilines is 1. The minimum absolute atomic E-state index is 0.0750. The summed E-state index contributed by atoms with van der Waals surface area (Å²) in [6.07, 6.45) is 6.30. The smallest absolute Gasteiger partial charge is 0.331 e. The first-order chi connectivity index (χ1) is 15.5. The minimum Gasteiger partial charge on any atom is -0.466 e. The Labute approximate surface area is 186 Å². The number of aryl methyl sites for hydroxylation is 1. The number of esters is 1. The number of rotatable bonds is 6. The normalized spacial score (nSPS) is 12.2. The van der Waals surface area contributed by atoms with Crippen LogP contribution in [0.2, 0.25) is 0 Å². The lowest BCUT2D eigenvalue weighted by molar-refractivity contribution is -0.134. The van der Waals surface area contributed by atoms with Gasteiger partial charge in [-0.05, 0) is 44.0 Å². The summed E-state index contributed by atoms with van der Waals surface area (Å²) in [6, 6.07) is 14.2. The number of benzene rings is 1. The van der Waals surface area contributed by atoms with E-state index in [0.29, 0.717) is 11.6 Å². The summed E-state index contributed by atoms with van der Waals surface area (Å²) in [4.78, 5) is 25.4. The highest BCUT2D eigenvalue weighted by Crippen LogP contribution is 2.35. The maximum Gasteiger partial charge on any atom is 0.331 e. The summed E-state index contributed by atoms with van der Waals surface area (Å²) < 4.78 is 6.92. The number of hydrogen-bond donors (Lipinski definition) is 1. The van der Waals surface area contributed by atoms with Crippen molar-refractivity contribution in [1.29, 1.82) is 0 Å². The molecule has 0 spiro atoms. The van der Waals surface area contributed by atoms with E-state index < -0.39 is 5.97 Å². The van der Waals surface area contributed by atoms with Gasteiger partial charge in [0.15, 0.2) is 5.82 Å². The van der Waals surface area contributed by atoms with E-state index in [-0.39, 0.29) is 6.04 Å². The van der Waals surface area contributed by atoms with Gasteiger partial charge in [-0.3, -0.25) is 4.98 Å². The third-order valence-corrected chi connectivity index (χ3v) is 5.65. The van der Waals surface area contributed by atoms with Crippen LogP contribution in [-0.4, -0.2) is 32.6 Å². The summed E-state index contributed by atoms with van der Waals surface area (Å²) in [7, 11) is 1.34. The summed E-state index contributed by atoms with van der Waals surface area (Å²) in [5.74, 6) is 0.759. The van der Waals surface area contributed by atoms with Crippen LogP contribution in [0.1, 0.15) is 29.8 Å². The molecule has 0 saturated carbocycles. The summed E-state index contributed by atoms with van der Waals surface area (Å²) in [5.41, 5.74) is 5.07. The van der Waals surface area contributed by atoms with Crippen molar-refractivity contribution in [3.63, 3.8) is 0 Å². The van der Waals surface area contributed by atoms with Crippen molar-refractivity contribution in [2.45, 2.75) is 26.8 Å². The van der Waals surface area contributed by atoms with E-state index in [9.17, 15) is 4.79 Å². The first-order valence-corrected chi connectivity index (χ1v) is 10.4. The van der Waals surface area contributed by atoms with Gasteiger partial charge in [-0.2, -0.15) is 0 Å². The van der Waals surface area contributed by atoms with Gasteiger partial charge < -0.3 is 14.6 Å². The Bertz CT molecular complexity index is 1280. The molecule has 1 aromatic carbocycles. The summed E-state index contributed by atoms with van der Waals surface area (Å²) in [5, 5.41) is 4.08. The van der Waals surface area contributed by atoms with Gasteiger partial charge >= 0.3 is 5.97 Å². The topological polar surface area (TPSA) is 81.9 Å². The number of carbonyl (C=O) groups excluding carboxylic acids is 1. The molecule has 162 valence electrons. The first kappa shape index (κ1) is 21.2. The number of hydrogen-bond acceptors (Lipinski definition) is 6. The molecule has 0 fully saturated rings. The van der Waals surface area contributed by atoms with Crippen molar-refractivity contribution in [3.05, 3.63) is 84.0 Å². The van der Waals surface area contributed by atoms with E-state index in [4.69, 9.17) is 9.97 Å². The third-order valence-electron chi connectivity index (χ3n) is 5.65. The molecule has 0 aliphatic rings. The molecule has 3 heterocycles. The Hall–Kier alpha value is -4.00. The lowest BCUT2D eigenvalue weighted by atomic mass is 10.1. The molecule has 0 radical (unpaired) electrons. The Morgan fingerprint density at radius 3 is 2.50 bits per heavy atom. The largest absolute Gasteiger partial charge is 0.466 e. The fourth-order valence-electron chi connectivity index (χ4n) is 3.83. The van der Waals surface area contributed by atoms with Gasteiger partial charge in [0.25, 0.3) is 0 Å². The number of ether oxygens (including phenoxy) is 1. The molecule has 32 heavy (non-hydrogen) atoms. The zero-order chi connectivity index (χ0) is 22.7. The zero-order valence-corrected chi connectivity index (χ0v) is 18.5. The number of nitrogens with zero attached hydrogens (tertiary/aromatic N) is 4. The van der Waals surface area contributed by atoms with Gasteiger partial charge in [0, 0.05) is 35.9 Å². The molecule has 7 heteroatoms.